The van der Waals surface area contributed by atoms with Crippen molar-refractivity contribution in [3.63, 3.8) is 0 Å². The first-order valence-corrected chi connectivity index (χ1v) is 15.7. The molecule has 0 unspecified atom stereocenters. The normalized spacial score (nSPS) is 17.0. The number of methoxy groups -OCH3 is 1. The second-order valence-corrected chi connectivity index (χ2v) is 11.3. The largest absolute Gasteiger partial charge is 0.497 e. The number of rotatable bonds is 12. The van der Waals surface area contributed by atoms with E-state index in [0.717, 1.165) is 39.1 Å². The van der Waals surface area contributed by atoms with Gasteiger partial charge in [-0.25, -0.2) is 4.79 Å². The fourth-order valence-corrected chi connectivity index (χ4v) is 6.11. The zero-order valence-corrected chi connectivity index (χ0v) is 26.5. The number of nitrogens with one attached hydrogen (secondary N) is 1. The number of para-hydroxylation sites is 1. The fraction of sp³-hybridized carbons (Fsp3) is 0.353. The second kappa shape index (κ2) is 15.0. The van der Waals surface area contributed by atoms with Crippen LogP contribution in [0.2, 0.25) is 0 Å². The zero-order chi connectivity index (χ0) is 31.8. The molecule has 2 saturated heterocycles. The van der Waals surface area contributed by atoms with E-state index in [1.807, 2.05) is 23.1 Å². The number of ether oxygens (including phenoxy) is 2. The highest BCUT2D eigenvalue weighted by atomic mass is 32.1. The first-order valence-electron chi connectivity index (χ1n) is 15.3. The van der Waals surface area contributed by atoms with Crippen molar-refractivity contribution in [2.75, 3.05) is 68.1 Å². The van der Waals surface area contributed by atoms with Gasteiger partial charge in [-0.1, -0.05) is 24.3 Å². The molecule has 2 aliphatic rings. The van der Waals surface area contributed by atoms with E-state index in [2.05, 4.69) is 39.4 Å². The van der Waals surface area contributed by atoms with E-state index in [4.69, 9.17) is 21.7 Å². The van der Waals surface area contributed by atoms with Gasteiger partial charge in [0.1, 0.15) is 11.8 Å². The molecule has 45 heavy (non-hydrogen) atoms. The van der Waals surface area contributed by atoms with Crippen LogP contribution in [0.25, 0.3) is 0 Å². The first-order chi connectivity index (χ1) is 21.9. The van der Waals surface area contributed by atoms with Crippen molar-refractivity contribution < 1.29 is 23.9 Å². The summed E-state index contributed by atoms with van der Waals surface area (Å²) >= 11 is 5.85. The summed E-state index contributed by atoms with van der Waals surface area (Å²) in [5.74, 6) is -0.393. The van der Waals surface area contributed by atoms with Crippen molar-refractivity contribution >= 4 is 52.2 Å². The van der Waals surface area contributed by atoms with Crippen LogP contribution < -0.4 is 19.9 Å². The minimum atomic E-state index is -0.752. The number of amides is 2. The standard InChI is InChI=1S/C34H39N5O5S/c1-3-44-33(42)25-13-15-26(16-14-25)35-31(40)24-30-32(41)39(28-11-7-12-29(23-28)43-2)34(45)38(30)18-8-17-36-19-21-37(22-20-36)27-9-5-4-6-10-27/h4-7,9-16,23,30H,3,8,17-22,24H2,1-2H3,(H,35,40)/t30-/m1/s1. The van der Waals surface area contributed by atoms with E-state index < -0.39 is 12.0 Å². The van der Waals surface area contributed by atoms with Gasteiger partial charge in [0, 0.05) is 50.2 Å². The maximum Gasteiger partial charge on any atom is 0.338 e. The summed E-state index contributed by atoms with van der Waals surface area (Å²) in [6.07, 6.45) is 0.715. The smallest absolute Gasteiger partial charge is 0.338 e. The van der Waals surface area contributed by atoms with E-state index in [1.54, 1.807) is 50.4 Å². The first kappa shape index (κ1) is 31.9. The molecule has 0 aromatic heterocycles. The van der Waals surface area contributed by atoms with Crippen molar-refractivity contribution in [3.8, 4) is 5.75 Å². The van der Waals surface area contributed by atoms with E-state index in [1.165, 1.54) is 10.6 Å². The molecule has 0 radical (unpaired) electrons. The quantitative estimate of drug-likeness (QED) is 0.231. The number of benzene rings is 3. The van der Waals surface area contributed by atoms with Gasteiger partial charge in [0.2, 0.25) is 5.91 Å². The molecule has 2 aliphatic heterocycles. The minimum absolute atomic E-state index is 0.0746. The van der Waals surface area contributed by atoms with Crippen LogP contribution in [-0.4, -0.2) is 91.7 Å². The molecular formula is C34H39N5O5S. The molecule has 3 aromatic carbocycles. The number of nitrogens with zero attached hydrogens (tertiary/aromatic N) is 4. The molecule has 3 aromatic rings. The summed E-state index contributed by atoms with van der Waals surface area (Å²) < 4.78 is 10.4. The van der Waals surface area contributed by atoms with E-state index in [0.29, 0.717) is 34.3 Å². The van der Waals surface area contributed by atoms with E-state index in [9.17, 15) is 14.4 Å². The third kappa shape index (κ3) is 7.79. The highest BCUT2D eigenvalue weighted by Gasteiger charge is 2.44. The number of anilines is 3. The Kier molecular flexibility index (Phi) is 10.6. The number of hydrogen-bond acceptors (Lipinski definition) is 8. The van der Waals surface area contributed by atoms with E-state index in [-0.39, 0.29) is 24.8 Å². The van der Waals surface area contributed by atoms with Gasteiger partial charge < -0.3 is 24.6 Å². The second-order valence-electron chi connectivity index (χ2n) is 10.9. The van der Waals surface area contributed by atoms with Crippen molar-refractivity contribution in [2.24, 2.45) is 0 Å². The molecule has 10 nitrogen and oxygen atoms in total. The zero-order valence-electron chi connectivity index (χ0n) is 25.7. The Bertz CT molecular complexity index is 1490. The molecule has 0 spiro atoms. The SMILES string of the molecule is CCOC(=O)c1ccc(NC(=O)C[C@@H]2C(=O)N(c3cccc(OC)c3)C(=S)N2CCCN2CCN(c3ccccc3)CC2)cc1. The molecule has 1 N–H and O–H groups in total. The molecule has 0 saturated carbocycles. The Labute approximate surface area is 269 Å². The number of esters is 1. The van der Waals surface area contributed by atoms with Crippen LogP contribution in [-0.2, 0) is 14.3 Å². The van der Waals surface area contributed by atoms with Crippen LogP contribution in [0.4, 0.5) is 17.1 Å². The Morgan fingerprint density at radius 1 is 0.911 bits per heavy atom. The molecule has 5 rings (SSSR count). The molecule has 1 atom stereocenters. The summed E-state index contributed by atoms with van der Waals surface area (Å²) in [6, 6.07) is 23.4. The summed E-state index contributed by atoms with van der Waals surface area (Å²) in [5, 5.41) is 3.23. The monoisotopic (exact) mass is 629 g/mol. The summed E-state index contributed by atoms with van der Waals surface area (Å²) in [4.78, 5) is 47.3. The lowest BCUT2D eigenvalue weighted by molar-refractivity contribution is -0.124. The Hall–Kier alpha value is -4.48. The molecule has 2 heterocycles. The van der Waals surface area contributed by atoms with Crippen molar-refractivity contribution in [3.05, 3.63) is 84.4 Å². The van der Waals surface area contributed by atoms with Crippen molar-refractivity contribution in [1.82, 2.24) is 9.80 Å². The van der Waals surface area contributed by atoms with Crippen LogP contribution in [0.1, 0.15) is 30.1 Å². The van der Waals surface area contributed by atoms with Gasteiger partial charge in [0.25, 0.3) is 5.91 Å². The fourth-order valence-electron chi connectivity index (χ4n) is 5.70. The molecule has 2 amide bonds. The van der Waals surface area contributed by atoms with Crippen LogP contribution in [0.5, 0.6) is 5.75 Å². The van der Waals surface area contributed by atoms with Gasteiger partial charge in [-0.2, -0.15) is 0 Å². The third-order valence-corrected chi connectivity index (χ3v) is 8.47. The van der Waals surface area contributed by atoms with Crippen LogP contribution in [0.3, 0.4) is 0 Å². The minimum Gasteiger partial charge on any atom is -0.497 e. The lowest BCUT2D eigenvalue weighted by Gasteiger charge is -2.36. The Balaban J connectivity index is 1.23. The number of thiocarbonyl (C=S) groups is 1. The predicted molar refractivity (Wildman–Crippen MR) is 179 cm³/mol. The molecule has 0 bridgehead atoms. The molecular weight excluding hydrogens is 590 g/mol. The van der Waals surface area contributed by atoms with Crippen LogP contribution in [0, 0.1) is 0 Å². The van der Waals surface area contributed by atoms with Gasteiger partial charge in [-0.05, 0) is 80.6 Å². The van der Waals surface area contributed by atoms with Gasteiger partial charge >= 0.3 is 5.97 Å². The predicted octanol–water partition coefficient (Wildman–Crippen LogP) is 4.42. The molecule has 11 heteroatoms. The highest BCUT2D eigenvalue weighted by molar-refractivity contribution is 7.80. The highest BCUT2D eigenvalue weighted by Crippen LogP contribution is 2.30. The van der Waals surface area contributed by atoms with Gasteiger partial charge in [0.15, 0.2) is 5.11 Å². The molecule has 0 aliphatic carbocycles. The lowest BCUT2D eigenvalue weighted by atomic mass is 10.1. The number of carbonyl (C=O) groups excluding carboxylic acids is 3. The van der Waals surface area contributed by atoms with Crippen molar-refractivity contribution in [2.45, 2.75) is 25.8 Å². The van der Waals surface area contributed by atoms with E-state index >= 15 is 0 Å². The Morgan fingerprint density at radius 3 is 2.31 bits per heavy atom. The summed E-state index contributed by atoms with van der Waals surface area (Å²) in [7, 11) is 1.57. The summed E-state index contributed by atoms with van der Waals surface area (Å²) in [5.41, 5.74) is 2.76. The van der Waals surface area contributed by atoms with Gasteiger partial charge in [-0.15, -0.1) is 0 Å². The van der Waals surface area contributed by atoms with Crippen molar-refractivity contribution in [1.29, 1.82) is 0 Å². The average Bonchev–Trinajstić information content (AvgIpc) is 3.29. The van der Waals surface area contributed by atoms with Gasteiger partial charge in [-0.3, -0.25) is 19.4 Å². The lowest BCUT2D eigenvalue weighted by Crippen LogP contribution is -2.47. The third-order valence-electron chi connectivity index (χ3n) is 8.06. The maximum absolute atomic E-state index is 13.8. The number of carbonyl (C=O) groups is 3. The maximum atomic E-state index is 13.8. The number of hydrogen-bond donors (Lipinski definition) is 1. The topological polar surface area (TPSA) is 94.7 Å². The number of piperazine rings is 1. The van der Waals surface area contributed by atoms with Gasteiger partial charge in [0.05, 0.1) is 31.4 Å². The van der Waals surface area contributed by atoms with Crippen LogP contribution >= 0.6 is 12.2 Å². The molecule has 236 valence electrons. The summed E-state index contributed by atoms with van der Waals surface area (Å²) in [6.45, 7) is 7.24. The average molecular weight is 630 g/mol. The molecule has 2 fully saturated rings. The van der Waals surface area contributed by atoms with Crippen LogP contribution in [0.15, 0.2) is 78.9 Å². The Morgan fingerprint density at radius 2 is 1.62 bits per heavy atom.